The van der Waals surface area contributed by atoms with Crippen molar-refractivity contribution >= 4 is 49.8 Å². The standard InChI is InChI=1S/C43H27N3O2/c1-2-12-26(13-3-1)41-44-42(46-43(45-41)34-19-11-23-38-40(34)33-17-7-9-21-36(33)48-38)31-25-24-29(27-14-4-5-15-28(27)31)30-18-10-22-37-39(30)32-16-6-8-20-35(32)47-37/h1-7,9-19,21-25H,8,20H2. The van der Waals surface area contributed by atoms with Gasteiger partial charge in [0.25, 0.3) is 0 Å². The van der Waals surface area contributed by atoms with E-state index in [1.54, 1.807) is 0 Å². The zero-order valence-electron chi connectivity index (χ0n) is 25.9. The number of aromatic nitrogens is 3. The molecule has 6 aromatic carbocycles. The summed E-state index contributed by atoms with van der Waals surface area (Å²) >= 11 is 0. The fourth-order valence-corrected chi connectivity index (χ4v) is 7.25. The van der Waals surface area contributed by atoms with Gasteiger partial charge in [-0.1, -0.05) is 115 Å². The Labute approximate surface area is 275 Å². The quantitative estimate of drug-likeness (QED) is 0.197. The second kappa shape index (κ2) is 10.6. The molecule has 0 bridgehead atoms. The highest BCUT2D eigenvalue weighted by atomic mass is 16.3. The molecule has 0 N–H and O–H groups in total. The van der Waals surface area contributed by atoms with Crippen molar-refractivity contribution in [2.75, 3.05) is 0 Å². The van der Waals surface area contributed by atoms with Gasteiger partial charge < -0.3 is 8.83 Å². The number of hydrogen-bond donors (Lipinski definition) is 0. The molecule has 5 nitrogen and oxygen atoms in total. The first-order chi connectivity index (χ1) is 23.8. The third-order valence-electron chi connectivity index (χ3n) is 9.42. The number of furan rings is 2. The fraction of sp³-hybridized carbons (Fsp3) is 0.0465. The number of fused-ring (bicyclic) bond motifs is 7. The smallest absolute Gasteiger partial charge is 0.164 e. The number of nitrogens with zero attached hydrogens (tertiary/aromatic N) is 3. The van der Waals surface area contributed by atoms with E-state index in [1.165, 1.54) is 5.56 Å². The lowest BCUT2D eigenvalue weighted by Gasteiger charge is -2.14. The van der Waals surface area contributed by atoms with Crippen molar-refractivity contribution in [2.45, 2.75) is 12.8 Å². The molecular weight excluding hydrogens is 590 g/mol. The van der Waals surface area contributed by atoms with Gasteiger partial charge in [0, 0.05) is 44.8 Å². The molecule has 5 heteroatoms. The molecule has 0 unspecified atom stereocenters. The average molecular weight is 618 g/mol. The van der Waals surface area contributed by atoms with Gasteiger partial charge in [0.2, 0.25) is 0 Å². The molecule has 226 valence electrons. The average Bonchev–Trinajstić information content (AvgIpc) is 3.73. The molecule has 0 saturated heterocycles. The third kappa shape index (κ3) is 4.14. The first kappa shape index (κ1) is 26.8. The Hall–Kier alpha value is -6.33. The van der Waals surface area contributed by atoms with E-state index in [0.29, 0.717) is 17.5 Å². The Morgan fingerprint density at radius 1 is 0.438 bits per heavy atom. The Morgan fingerprint density at radius 2 is 1.06 bits per heavy atom. The van der Waals surface area contributed by atoms with Gasteiger partial charge in [-0.05, 0) is 52.6 Å². The molecule has 0 radical (unpaired) electrons. The van der Waals surface area contributed by atoms with Gasteiger partial charge in [-0.2, -0.15) is 0 Å². The van der Waals surface area contributed by atoms with Crippen molar-refractivity contribution in [3.63, 3.8) is 0 Å². The molecule has 0 fully saturated rings. The van der Waals surface area contributed by atoms with E-state index in [2.05, 4.69) is 78.9 Å². The Kier molecular flexibility index (Phi) is 5.93. The monoisotopic (exact) mass is 617 g/mol. The zero-order chi connectivity index (χ0) is 31.6. The third-order valence-corrected chi connectivity index (χ3v) is 9.42. The van der Waals surface area contributed by atoms with E-state index in [-0.39, 0.29) is 0 Å². The number of benzene rings is 6. The summed E-state index contributed by atoms with van der Waals surface area (Å²) in [5, 5.41) is 5.39. The van der Waals surface area contributed by atoms with Crippen LogP contribution in [0.2, 0.25) is 0 Å². The predicted molar refractivity (Wildman–Crippen MR) is 193 cm³/mol. The van der Waals surface area contributed by atoms with Gasteiger partial charge in [-0.3, -0.25) is 0 Å². The molecule has 10 rings (SSSR count). The summed E-state index contributed by atoms with van der Waals surface area (Å²) in [6, 6.07) is 43.5. The van der Waals surface area contributed by atoms with Crippen LogP contribution in [0.25, 0.3) is 95.0 Å². The summed E-state index contributed by atoms with van der Waals surface area (Å²) in [6.45, 7) is 0. The van der Waals surface area contributed by atoms with Gasteiger partial charge in [0.05, 0.1) is 0 Å². The second-order valence-corrected chi connectivity index (χ2v) is 12.2. The second-order valence-electron chi connectivity index (χ2n) is 12.2. The van der Waals surface area contributed by atoms with Crippen LogP contribution in [0.4, 0.5) is 0 Å². The molecule has 48 heavy (non-hydrogen) atoms. The molecule has 3 heterocycles. The van der Waals surface area contributed by atoms with Crippen LogP contribution in [0.3, 0.4) is 0 Å². The summed E-state index contributed by atoms with van der Waals surface area (Å²) in [5.41, 5.74) is 8.84. The van der Waals surface area contributed by atoms with E-state index in [9.17, 15) is 0 Å². The lowest BCUT2D eigenvalue weighted by Crippen LogP contribution is -2.01. The van der Waals surface area contributed by atoms with Crippen molar-refractivity contribution in [1.29, 1.82) is 0 Å². The van der Waals surface area contributed by atoms with Crippen molar-refractivity contribution in [3.8, 4) is 45.3 Å². The normalized spacial score (nSPS) is 12.8. The summed E-state index contributed by atoms with van der Waals surface area (Å²) in [4.78, 5) is 15.4. The summed E-state index contributed by atoms with van der Waals surface area (Å²) in [5.74, 6) is 2.90. The molecule has 0 saturated carbocycles. The minimum atomic E-state index is 0.603. The highest BCUT2D eigenvalue weighted by Crippen LogP contribution is 2.42. The molecule has 9 aromatic rings. The van der Waals surface area contributed by atoms with Crippen molar-refractivity contribution in [2.24, 2.45) is 0 Å². The minimum Gasteiger partial charge on any atom is -0.460 e. The number of para-hydroxylation sites is 1. The van der Waals surface area contributed by atoms with Crippen LogP contribution in [0.1, 0.15) is 17.7 Å². The topological polar surface area (TPSA) is 65.0 Å². The highest BCUT2D eigenvalue weighted by molar-refractivity contribution is 6.13. The maximum atomic E-state index is 6.33. The molecule has 0 aliphatic heterocycles. The van der Waals surface area contributed by atoms with Crippen LogP contribution >= 0.6 is 0 Å². The first-order valence-electron chi connectivity index (χ1n) is 16.3. The number of allylic oxidation sites excluding steroid dienone is 1. The van der Waals surface area contributed by atoms with Gasteiger partial charge in [0.1, 0.15) is 22.5 Å². The van der Waals surface area contributed by atoms with E-state index in [4.69, 9.17) is 23.8 Å². The molecule has 1 aliphatic carbocycles. The van der Waals surface area contributed by atoms with E-state index in [0.717, 1.165) is 90.1 Å². The predicted octanol–water partition coefficient (Wildman–Crippen LogP) is 11.3. The Balaban J connectivity index is 1.22. The molecule has 3 aromatic heterocycles. The summed E-state index contributed by atoms with van der Waals surface area (Å²) in [6.07, 6.45) is 6.38. The maximum Gasteiger partial charge on any atom is 0.164 e. The molecule has 0 atom stereocenters. The van der Waals surface area contributed by atoms with Crippen LogP contribution in [0.15, 0.2) is 142 Å². The minimum absolute atomic E-state index is 0.603. The largest absolute Gasteiger partial charge is 0.460 e. The molecule has 0 spiro atoms. The Morgan fingerprint density at radius 3 is 1.90 bits per heavy atom. The lowest BCUT2D eigenvalue weighted by molar-refractivity contribution is 0.546. The van der Waals surface area contributed by atoms with Gasteiger partial charge in [-0.15, -0.1) is 0 Å². The van der Waals surface area contributed by atoms with Gasteiger partial charge >= 0.3 is 0 Å². The van der Waals surface area contributed by atoms with Crippen LogP contribution in [-0.2, 0) is 6.42 Å². The van der Waals surface area contributed by atoms with Crippen LogP contribution in [0, 0.1) is 0 Å². The fourth-order valence-electron chi connectivity index (χ4n) is 7.25. The summed E-state index contributed by atoms with van der Waals surface area (Å²) < 4.78 is 12.6. The zero-order valence-corrected chi connectivity index (χ0v) is 25.9. The first-order valence-corrected chi connectivity index (χ1v) is 16.3. The SMILES string of the molecule is C1=Cc2c(oc3cccc(-c4ccc(-c5nc(-c6ccccc6)nc(-c6cccc7oc8ccccc8c67)n5)c5ccccc45)c23)CC1. The van der Waals surface area contributed by atoms with Crippen molar-refractivity contribution in [1.82, 2.24) is 15.0 Å². The number of rotatable bonds is 4. The van der Waals surface area contributed by atoms with Crippen molar-refractivity contribution < 1.29 is 8.83 Å². The van der Waals surface area contributed by atoms with Crippen LogP contribution in [0.5, 0.6) is 0 Å². The van der Waals surface area contributed by atoms with E-state index >= 15 is 0 Å². The number of aryl methyl sites for hydroxylation is 1. The molecular formula is C43H27N3O2. The Bertz CT molecular complexity index is 2740. The van der Waals surface area contributed by atoms with Crippen LogP contribution < -0.4 is 0 Å². The number of hydrogen-bond acceptors (Lipinski definition) is 5. The summed E-state index contributed by atoms with van der Waals surface area (Å²) in [7, 11) is 0. The van der Waals surface area contributed by atoms with Crippen LogP contribution in [-0.4, -0.2) is 15.0 Å². The van der Waals surface area contributed by atoms with Gasteiger partial charge in [0.15, 0.2) is 17.5 Å². The van der Waals surface area contributed by atoms with Crippen molar-refractivity contribution in [3.05, 3.63) is 145 Å². The molecule has 0 amide bonds. The maximum absolute atomic E-state index is 6.33. The van der Waals surface area contributed by atoms with E-state index < -0.39 is 0 Å². The molecule has 1 aliphatic rings. The lowest BCUT2D eigenvalue weighted by atomic mass is 9.91. The van der Waals surface area contributed by atoms with Gasteiger partial charge in [-0.25, -0.2) is 15.0 Å². The van der Waals surface area contributed by atoms with E-state index in [1.807, 2.05) is 60.7 Å². The highest BCUT2D eigenvalue weighted by Gasteiger charge is 2.22.